The van der Waals surface area contributed by atoms with Gasteiger partial charge in [0.1, 0.15) is 0 Å². The third kappa shape index (κ3) is 4.04. The molecule has 0 unspecified atom stereocenters. The van der Waals surface area contributed by atoms with E-state index >= 15 is 0 Å². The van der Waals surface area contributed by atoms with E-state index in [-0.39, 0.29) is 5.91 Å². The largest absolute Gasteiger partial charge is 0.354 e. The van der Waals surface area contributed by atoms with Gasteiger partial charge in [0.05, 0.1) is 17.4 Å². The number of aromatic nitrogens is 1. The van der Waals surface area contributed by atoms with Crippen LogP contribution in [0.5, 0.6) is 0 Å². The van der Waals surface area contributed by atoms with Gasteiger partial charge in [-0.25, -0.2) is 0 Å². The molecule has 0 spiro atoms. The normalized spacial score (nSPS) is 10.4. The highest BCUT2D eigenvalue weighted by Gasteiger charge is 2.11. The Morgan fingerprint density at radius 2 is 1.60 bits per heavy atom. The first kappa shape index (κ1) is 16.7. The van der Waals surface area contributed by atoms with Crippen molar-refractivity contribution in [1.29, 1.82) is 0 Å². The van der Waals surface area contributed by atoms with Crippen molar-refractivity contribution < 1.29 is 4.79 Å². The summed E-state index contributed by atoms with van der Waals surface area (Å²) in [5.74, 6) is -0.169. The van der Waals surface area contributed by atoms with Gasteiger partial charge in [-0.2, -0.15) is 0 Å². The van der Waals surface area contributed by atoms with Gasteiger partial charge in [0.25, 0.3) is 5.91 Å². The summed E-state index contributed by atoms with van der Waals surface area (Å²) in [4.78, 5) is 16.8. The Bertz CT molecular complexity index is 898. The fourth-order valence-electron chi connectivity index (χ4n) is 2.72. The highest BCUT2D eigenvalue weighted by molar-refractivity contribution is 6.05. The van der Waals surface area contributed by atoms with Crippen LogP contribution in [0.15, 0.2) is 60.9 Å². The first-order valence-electron chi connectivity index (χ1n) is 8.19. The quantitative estimate of drug-likeness (QED) is 0.707. The maximum absolute atomic E-state index is 12.6. The number of nitrogens with zero attached hydrogens (tertiary/aromatic N) is 1. The number of benzene rings is 2. The van der Waals surface area contributed by atoms with Crippen LogP contribution in [0.3, 0.4) is 0 Å². The highest BCUT2D eigenvalue weighted by atomic mass is 16.1. The van der Waals surface area contributed by atoms with Crippen molar-refractivity contribution >= 4 is 23.0 Å². The average Bonchev–Trinajstić information content (AvgIpc) is 2.58. The number of amides is 1. The average molecular weight is 331 g/mol. The minimum atomic E-state index is -0.169. The fourth-order valence-corrected chi connectivity index (χ4v) is 2.72. The fraction of sp³-hybridized carbons (Fsp3) is 0.143. The van der Waals surface area contributed by atoms with Gasteiger partial charge in [0.2, 0.25) is 0 Å². The van der Waals surface area contributed by atoms with Crippen molar-refractivity contribution in [2.75, 3.05) is 10.6 Å². The van der Waals surface area contributed by atoms with E-state index in [2.05, 4.69) is 15.6 Å². The number of para-hydroxylation sites is 1. The number of carbonyl (C=O) groups is 1. The lowest BCUT2D eigenvalue weighted by atomic mass is 10.1. The van der Waals surface area contributed by atoms with E-state index in [9.17, 15) is 4.79 Å². The molecule has 0 bridgehead atoms. The Hall–Kier alpha value is -3.14. The van der Waals surface area contributed by atoms with Crippen molar-refractivity contribution in [2.45, 2.75) is 20.8 Å². The first-order chi connectivity index (χ1) is 12.0. The van der Waals surface area contributed by atoms with Crippen LogP contribution in [-0.2, 0) is 0 Å². The summed E-state index contributed by atoms with van der Waals surface area (Å²) in [7, 11) is 0. The number of carbonyl (C=O) groups excluding carboxylic acids is 1. The molecule has 4 heteroatoms. The smallest absolute Gasteiger partial charge is 0.257 e. The molecule has 0 radical (unpaired) electrons. The molecule has 0 aliphatic carbocycles. The Labute approximate surface area is 147 Å². The summed E-state index contributed by atoms with van der Waals surface area (Å²) in [6.45, 7) is 6.00. The Balaban J connectivity index is 1.80. The Morgan fingerprint density at radius 3 is 2.32 bits per heavy atom. The van der Waals surface area contributed by atoms with Gasteiger partial charge in [0.15, 0.2) is 0 Å². The van der Waals surface area contributed by atoms with Crippen LogP contribution in [0, 0.1) is 20.8 Å². The van der Waals surface area contributed by atoms with Crippen LogP contribution in [0.2, 0.25) is 0 Å². The maximum Gasteiger partial charge on any atom is 0.257 e. The zero-order valence-electron chi connectivity index (χ0n) is 14.6. The molecular weight excluding hydrogens is 310 g/mol. The minimum absolute atomic E-state index is 0.169. The van der Waals surface area contributed by atoms with Gasteiger partial charge >= 0.3 is 0 Å². The van der Waals surface area contributed by atoms with Crippen molar-refractivity contribution in [1.82, 2.24) is 4.98 Å². The number of rotatable bonds is 4. The van der Waals surface area contributed by atoms with Gasteiger partial charge in [-0.3, -0.25) is 9.78 Å². The third-order valence-corrected chi connectivity index (χ3v) is 4.03. The predicted molar refractivity (Wildman–Crippen MR) is 103 cm³/mol. The zero-order chi connectivity index (χ0) is 17.8. The second-order valence-electron chi connectivity index (χ2n) is 6.18. The molecule has 1 aromatic heterocycles. The van der Waals surface area contributed by atoms with E-state index in [0.29, 0.717) is 5.56 Å². The van der Waals surface area contributed by atoms with Gasteiger partial charge < -0.3 is 10.6 Å². The van der Waals surface area contributed by atoms with Crippen LogP contribution in [0.25, 0.3) is 0 Å². The standard InChI is InChI=1S/C21H21N3O/c1-14-6-4-9-18(10-14)23-19-11-17(12-22-13-19)21(25)24-20-15(2)7-5-8-16(20)3/h4-13,23H,1-3H3,(H,24,25). The van der Waals surface area contributed by atoms with Crippen LogP contribution in [0.4, 0.5) is 17.1 Å². The van der Waals surface area contributed by atoms with Crippen LogP contribution in [-0.4, -0.2) is 10.9 Å². The Kier molecular flexibility index (Phi) is 4.80. The molecular formula is C21H21N3O. The number of hydrogen-bond donors (Lipinski definition) is 2. The zero-order valence-corrected chi connectivity index (χ0v) is 14.6. The second-order valence-corrected chi connectivity index (χ2v) is 6.18. The van der Waals surface area contributed by atoms with Crippen molar-refractivity contribution in [3.05, 3.63) is 83.2 Å². The van der Waals surface area contributed by atoms with Crippen molar-refractivity contribution in [3.8, 4) is 0 Å². The molecule has 0 atom stereocenters. The molecule has 0 fully saturated rings. The summed E-state index contributed by atoms with van der Waals surface area (Å²) >= 11 is 0. The van der Waals surface area contributed by atoms with Crippen LogP contribution < -0.4 is 10.6 Å². The SMILES string of the molecule is Cc1cccc(Nc2cncc(C(=O)Nc3c(C)cccc3C)c2)c1. The van der Waals surface area contributed by atoms with Crippen molar-refractivity contribution in [3.63, 3.8) is 0 Å². The Morgan fingerprint density at radius 1 is 0.880 bits per heavy atom. The molecule has 126 valence electrons. The second kappa shape index (κ2) is 7.18. The molecule has 0 aliphatic heterocycles. The van der Waals surface area contributed by atoms with Crippen molar-refractivity contribution in [2.24, 2.45) is 0 Å². The maximum atomic E-state index is 12.6. The summed E-state index contributed by atoms with van der Waals surface area (Å²) in [6, 6.07) is 15.8. The summed E-state index contributed by atoms with van der Waals surface area (Å²) in [5.41, 5.74) is 6.35. The minimum Gasteiger partial charge on any atom is -0.354 e. The summed E-state index contributed by atoms with van der Waals surface area (Å²) in [5, 5.41) is 6.27. The van der Waals surface area contributed by atoms with E-state index in [4.69, 9.17) is 0 Å². The van der Waals surface area contributed by atoms with Crippen LogP contribution >= 0.6 is 0 Å². The number of anilines is 3. The molecule has 0 saturated carbocycles. The molecule has 1 heterocycles. The third-order valence-electron chi connectivity index (χ3n) is 4.03. The monoisotopic (exact) mass is 331 g/mol. The number of pyridine rings is 1. The molecule has 0 aliphatic rings. The summed E-state index contributed by atoms with van der Waals surface area (Å²) in [6.07, 6.45) is 3.28. The molecule has 3 aromatic rings. The molecule has 25 heavy (non-hydrogen) atoms. The van der Waals surface area contributed by atoms with E-state index < -0.39 is 0 Å². The molecule has 2 aromatic carbocycles. The predicted octanol–water partition coefficient (Wildman–Crippen LogP) is 5.00. The van der Waals surface area contributed by atoms with Gasteiger partial charge in [-0.05, 0) is 55.7 Å². The topological polar surface area (TPSA) is 54.0 Å². The van der Waals surface area contributed by atoms with Gasteiger partial charge in [0, 0.05) is 17.6 Å². The first-order valence-corrected chi connectivity index (χ1v) is 8.19. The molecule has 1 amide bonds. The lowest BCUT2D eigenvalue weighted by molar-refractivity contribution is 0.102. The van der Waals surface area contributed by atoms with Gasteiger partial charge in [-0.1, -0.05) is 30.3 Å². The molecule has 0 saturated heterocycles. The van der Waals surface area contributed by atoms with E-state index in [1.807, 2.05) is 63.2 Å². The summed E-state index contributed by atoms with van der Waals surface area (Å²) < 4.78 is 0. The highest BCUT2D eigenvalue weighted by Crippen LogP contribution is 2.22. The lowest BCUT2D eigenvalue weighted by Crippen LogP contribution is -2.14. The van der Waals surface area contributed by atoms with Crippen LogP contribution in [0.1, 0.15) is 27.0 Å². The number of nitrogens with one attached hydrogen (secondary N) is 2. The molecule has 4 nitrogen and oxygen atoms in total. The molecule has 2 N–H and O–H groups in total. The molecule has 3 rings (SSSR count). The van der Waals surface area contributed by atoms with E-state index in [1.54, 1.807) is 18.5 Å². The van der Waals surface area contributed by atoms with E-state index in [1.165, 1.54) is 5.56 Å². The number of aryl methyl sites for hydroxylation is 3. The lowest BCUT2D eigenvalue weighted by Gasteiger charge is -2.12. The van der Waals surface area contributed by atoms with Gasteiger partial charge in [-0.15, -0.1) is 0 Å². The number of hydrogen-bond acceptors (Lipinski definition) is 3. The van der Waals surface area contributed by atoms with E-state index in [0.717, 1.165) is 28.2 Å².